The van der Waals surface area contributed by atoms with Crippen LogP contribution in [0.2, 0.25) is 0 Å². The SMILES string of the molecule is Cc1cccc(N2C(=O)C3=CC=C4C(=O)N(c5c(F)c(F)c(F)c(F)c5F)C(=O)C5=C4C3C(C=C5)C2=O)c1. The van der Waals surface area contributed by atoms with Crippen molar-refractivity contribution >= 4 is 35.0 Å². The van der Waals surface area contributed by atoms with E-state index in [1.54, 1.807) is 31.2 Å². The van der Waals surface area contributed by atoms with Gasteiger partial charge in [0.25, 0.3) is 17.7 Å². The van der Waals surface area contributed by atoms with Gasteiger partial charge in [0.1, 0.15) is 5.69 Å². The third kappa shape index (κ3) is 2.92. The lowest BCUT2D eigenvalue weighted by molar-refractivity contribution is -0.130. The molecule has 6 nitrogen and oxygen atoms in total. The number of benzene rings is 2. The van der Waals surface area contributed by atoms with E-state index >= 15 is 0 Å². The number of carbonyl (C=O) groups excluding carboxylic acids is 4. The molecule has 4 aliphatic rings. The fourth-order valence-electron chi connectivity index (χ4n) is 5.29. The first-order chi connectivity index (χ1) is 18.0. The summed E-state index contributed by atoms with van der Waals surface area (Å²) < 4.78 is 70.5. The van der Waals surface area contributed by atoms with E-state index in [1.807, 2.05) is 0 Å². The van der Waals surface area contributed by atoms with E-state index < -0.39 is 70.2 Å². The summed E-state index contributed by atoms with van der Waals surface area (Å²) in [6, 6.07) is 6.69. The molecule has 0 saturated carbocycles. The molecule has 0 aromatic heterocycles. The van der Waals surface area contributed by atoms with Gasteiger partial charge in [0.15, 0.2) is 23.3 Å². The normalized spacial score (nSPS) is 22.2. The van der Waals surface area contributed by atoms with Crippen molar-refractivity contribution in [3.05, 3.63) is 106 Å². The van der Waals surface area contributed by atoms with Gasteiger partial charge < -0.3 is 0 Å². The van der Waals surface area contributed by atoms with Crippen LogP contribution in [0.25, 0.3) is 0 Å². The monoisotopic (exact) mass is 524 g/mol. The predicted octanol–water partition coefficient (Wildman–Crippen LogP) is 4.10. The number of hydrogen-bond donors (Lipinski definition) is 0. The second kappa shape index (κ2) is 7.91. The first-order valence-corrected chi connectivity index (χ1v) is 11.2. The second-order valence-corrected chi connectivity index (χ2v) is 9.07. The van der Waals surface area contributed by atoms with Crippen LogP contribution in [-0.2, 0) is 19.2 Å². The lowest BCUT2D eigenvalue weighted by Crippen LogP contribution is -2.55. The number of anilines is 2. The van der Waals surface area contributed by atoms with Crippen LogP contribution in [0, 0.1) is 47.8 Å². The number of hydrogen-bond acceptors (Lipinski definition) is 4. The fraction of sp³-hybridized carbons (Fsp3) is 0.111. The van der Waals surface area contributed by atoms with Crippen LogP contribution in [0.4, 0.5) is 33.3 Å². The number of nitrogens with zero attached hydrogens (tertiary/aromatic N) is 2. The van der Waals surface area contributed by atoms with Crippen molar-refractivity contribution in [2.75, 3.05) is 9.80 Å². The van der Waals surface area contributed by atoms with Crippen molar-refractivity contribution in [1.29, 1.82) is 0 Å². The Morgan fingerprint density at radius 3 is 2.08 bits per heavy atom. The fourth-order valence-corrected chi connectivity index (χ4v) is 5.29. The molecule has 4 amide bonds. The summed E-state index contributed by atoms with van der Waals surface area (Å²) in [6.07, 6.45) is 4.87. The number of halogens is 5. The average Bonchev–Trinajstić information content (AvgIpc) is 2.90. The molecule has 1 saturated heterocycles. The Hall–Kier alpha value is -4.67. The van der Waals surface area contributed by atoms with E-state index in [0.29, 0.717) is 5.69 Å². The van der Waals surface area contributed by atoms with E-state index in [4.69, 9.17) is 0 Å². The van der Waals surface area contributed by atoms with Crippen molar-refractivity contribution < 1.29 is 41.1 Å². The highest BCUT2D eigenvalue weighted by molar-refractivity contribution is 6.33. The van der Waals surface area contributed by atoms with Gasteiger partial charge in [0.05, 0.1) is 11.6 Å². The van der Waals surface area contributed by atoms with Gasteiger partial charge in [-0.3, -0.25) is 19.2 Å². The Kier molecular flexibility index (Phi) is 4.94. The van der Waals surface area contributed by atoms with E-state index in [0.717, 1.165) is 22.6 Å². The summed E-state index contributed by atoms with van der Waals surface area (Å²) in [4.78, 5) is 54.4. The van der Waals surface area contributed by atoms with Crippen LogP contribution in [-0.4, -0.2) is 23.6 Å². The van der Waals surface area contributed by atoms with Crippen LogP contribution in [0.15, 0.2) is 70.9 Å². The molecule has 11 heteroatoms. The summed E-state index contributed by atoms with van der Waals surface area (Å²) in [5, 5.41) is 0. The number of amides is 4. The standard InChI is InChI=1S/C27H13F5N2O4/c1-10-3-2-4-11(9-10)33-24(35)12-5-7-14-17-15(8-6-13(16(12)17)25(33)36)27(38)34(26(14)37)23-21(31)19(29)18(28)20(30)22(23)32/h2-9,12,16H,1H3. The highest BCUT2D eigenvalue weighted by Crippen LogP contribution is 2.49. The lowest BCUT2D eigenvalue weighted by Gasteiger charge is -2.44. The molecule has 0 bridgehead atoms. The van der Waals surface area contributed by atoms with Crippen molar-refractivity contribution in [2.24, 2.45) is 11.8 Å². The number of carbonyl (C=O) groups is 4. The van der Waals surface area contributed by atoms with E-state index in [1.165, 1.54) is 12.2 Å². The number of piperidine rings is 1. The van der Waals surface area contributed by atoms with Gasteiger partial charge in [0, 0.05) is 22.6 Å². The molecule has 1 fully saturated rings. The maximum atomic E-state index is 14.6. The highest BCUT2D eigenvalue weighted by Gasteiger charge is 2.53. The van der Waals surface area contributed by atoms with Crippen LogP contribution >= 0.6 is 0 Å². The van der Waals surface area contributed by atoms with Gasteiger partial charge in [-0.2, -0.15) is 0 Å². The zero-order valence-electron chi connectivity index (χ0n) is 19.2. The minimum atomic E-state index is -2.44. The Bertz CT molecular complexity index is 1660. The molecule has 190 valence electrons. The van der Waals surface area contributed by atoms with Gasteiger partial charge in [-0.25, -0.2) is 31.8 Å². The molecule has 2 heterocycles. The summed E-state index contributed by atoms with van der Waals surface area (Å²) in [5.41, 5.74) is -1.12. The Balaban J connectivity index is 1.52. The number of aryl methyl sites for hydroxylation is 1. The molecule has 0 N–H and O–H groups in total. The predicted molar refractivity (Wildman–Crippen MR) is 122 cm³/mol. The number of imide groups is 2. The summed E-state index contributed by atoms with van der Waals surface area (Å²) in [5.74, 6) is -17.9. The van der Waals surface area contributed by atoms with Gasteiger partial charge in [-0.15, -0.1) is 0 Å². The molecule has 2 aliphatic heterocycles. The quantitative estimate of drug-likeness (QED) is 0.257. The van der Waals surface area contributed by atoms with Crippen LogP contribution in [0.3, 0.4) is 0 Å². The molecule has 0 spiro atoms. The van der Waals surface area contributed by atoms with Gasteiger partial charge >= 0.3 is 0 Å². The first kappa shape index (κ1) is 23.7. The minimum Gasteiger partial charge on any atom is -0.273 e. The van der Waals surface area contributed by atoms with E-state index in [2.05, 4.69) is 0 Å². The molecule has 38 heavy (non-hydrogen) atoms. The molecular formula is C27H13F5N2O4. The van der Waals surface area contributed by atoms with Crippen molar-refractivity contribution in [3.63, 3.8) is 0 Å². The van der Waals surface area contributed by atoms with Gasteiger partial charge in [-0.05, 0) is 36.3 Å². The molecule has 0 radical (unpaired) electrons. The summed E-state index contributed by atoms with van der Waals surface area (Å²) >= 11 is 0. The third-order valence-electron chi connectivity index (χ3n) is 6.98. The van der Waals surface area contributed by atoms with Crippen molar-refractivity contribution in [3.8, 4) is 0 Å². The maximum absolute atomic E-state index is 14.6. The average molecular weight is 524 g/mol. The molecule has 2 aliphatic carbocycles. The number of rotatable bonds is 2. The molecular weight excluding hydrogens is 511 g/mol. The lowest BCUT2D eigenvalue weighted by atomic mass is 9.66. The van der Waals surface area contributed by atoms with Gasteiger partial charge in [-0.1, -0.05) is 30.4 Å². The molecule has 6 rings (SSSR count). The highest BCUT2D eigenvalue weighted by atomic mass is 19.2. The Morgan fingerprint density at radius 2 is 1.42 bits per heavy atom. The van der Waals surface area contributed by atoms with Crippen LogP contribution in [0.5, 0.6) is 0 Å². The Morgan fingerprint density at radius 1 is 0.763 bits per heavy atom. The molecule has 2 aromatic rings. The van der Waals surface area contributed by atoms with Gasteiger partial charge in [0.2, 0.25) is 11.7 Å². The topological polar surface area (TPSA) is 74.8 Å². The van der Waals surface area contributed by atoms with E-state index in [-0.39, 0.29) is 27.2 Å². The first-order valence-electron chi connectivity index (χ1n) is 11.2. The third-order valence-corrected chi connectivity index (χ3v) is 6.98. The second-order valence-electron chi connectivity index (χ2n) is 9.07. The van der Waals surface area contributed by atoms with E-state index in [9.17, 15) is 41.1 Å². The van der Waals surface area contributed by atoms with Crippen LogP contribution < -0.4 is 9.80 Å². The molecule has 2 aromatic carbocycles. The largest absolute Gasteiger partial charge is 0.273 e. The zero-order chi connectivity index (χ0) is 27.2. The molecule has 2 atom stereocenters. The smallest absolute Gasteiger partial charge is 0.265 e. The molecule has 2 unspecified atom stereocenters. The summed E-state index contributed by atoms with van der Waals surface area (Å²) in [6.45, 7) is 1.78. The maximum Gasteiger partial charge on any atom is 0.265 e. The Labute approximate surface area is 210 Å². The minimum absolute atomic E-state index is 0.0179. The zero-order valence-corrected chi connectivity index (χ0v) is 19.2. The summed E-state index contributed by atoms with van der Waals surface area (Å²) in [7, 11) is 0. The van der Waals surface area contributed by atoms with Crippen molar-refractivity contribution in [2.45, 2.75) is 6.92 Å². The van der Waals surface area contributed by atoms with Crippen molar-refractivity contribution in [1.82, 2.24) is 0 Å². The van der Waals surface area contributed by atoms with Crippen LogP contribution in [0.1, 0.15) is 5.56 Å². The number of allylic oxidation sites excluding steroid dienone is 2.